The van der Waals surface area contributed by atoms with Gasteiger partial charge in [-0.25, -0.2) is 0 Å². The molecule has 1 aromatic rings. The van der Waals surface area contributed by atoms with Crippen molar-refractivity contribution in [2.24, 2.45) is 0 Å². The van der Waals surface area contributed by atoms with Crippen LogP contribution in [0.3, 0.4) is 0 Å². The first-order chi connectivity index (χ1) is 7.61. The molecule has 0 amide bonds. The average molecular weight is 253 g/mol. The van der Waals surface area contributed by atoms with Gasteiger partial charge in [-0.05, 0) is 12.1 Å². The van der Waals surface area contributed by atoms with Gasteiger partial charge >= 0.3 is 0 Å². The smallest absolute Gasteiger partial charge is 0.175 e. The van der Waals surface area contributed by atoms with E-state index < -0.39 is 4.33 Å². The van der Waals surface area contributed by atoms with Crippen LogP contribution in [0, 0.1) is 0 Å². The zero-order chi connectivity index (χ0) is 11.8. The molecule has 0 spiro atoms. The summed E-state index contributed by atoms with van der Waals surface area (Å²) in [6.45, 7) is 7.37. The third-order valence-corrected chi connectivity index (χ3v) is 3.25. The molecule has 0 fully saturated rings. The minimum absolute atomic E-state index is 0.540. The highest BCUT2D eigenvalue weighted by atomic mass is 35.5. The number of benzene rings is 1. The Balaban J connectivity index is 2.68. The van der Waals surface area contributed by atoms with Crippen LogP contribution in [0.5, 0.6) is 5.75 Å². The zero-order valence-electron chi connectivity index (χ0n) is 8.54. The fourth-order valence-electron chi connectivity index (χ4n) is 1.67. The van der Waals surface area contributed by atoms with Crippen molar-refractivity contribution in [3.8, 4) is 5.75 Å². The molecular formula is C13H10Cl2O. The van der Waals surface area contributed by atoms with Crippen LogP contribution < -0.4 is 4.74 Å². The summed E-state index contributed by atoms with van der Waals surface area (Å²) in [6.07, 6.45) is 3.17. The fourth-order valence-corrected chi connectivity index (χ4v) is 2.32. The minimum atomic E-state index is -1.14. The highest BCUT2D eigenvalue weighted by Crippen LogP contribution is 2.50. The first kappa shape index (κ1) is 11.3. The molecule has 0 aromatic heterocycles. The second-order valence-electron chi connectivity index (χ2n) is 3.36. The number of ether oxygens (including phenoxy) is 1. The summed E-state index contributed by atoms with van der Waals surface area (Å²) < 4.78 is 4.50. The molecule has 82 valence electrons. The normalized spacial score (nSPS) is 17.4. The summed E-state index contributed by atoms with van der Waals surface area (Å²) in [4.78, 5) is 0. The van der Waals surface area contributed by atoms with Crippen molar-refractivity contribution in [1.29, 1.82) is 0 Å². The van der Waals surface area contributed by atoms with Crippen molar-refractivity contribution in [2.75, 3.05) is 0 Å². The Morgan fingerprint density at radius 1 is 1.12 bits per heavy atom. The molecule has 16 heavy (non-hydrogen) atoms. The molecule has 0 aliphatic carbocycles. The molecule has 1 aliphatic rings. The molecule has 0 N–H and O–H groups in total. The first-order valence-corrected chi connectivity index (χ1v) is 5.51. The van der Waals surface area contributed by atoms with Crippen LogP contribution in [0.1, 0.15) is 5.56 Å². The van der Waals surface area contributed by atoms with Crippen molar-refractivity contribution < 1.29 is 4.74 Å². The van der Waals surface area contributed by atoms with E-state index in [4.69, 9.17) is 27.9 Å². The molecule has 0 saturated heterocycles. The molecular weight excluding hydrogens is 243 g/mol. The summed E-state index contributed by atoms with van der Waals surface area (Å²) in [7, 11) is 0. The first-order valence-electron chi connectivity index (χ1n) is 4.76. The maximum Gasteiger partial charge on any atom is 0.175 e. The van der Waals surface area contributed by atoms with Crippen LogP contribution in [-0.2, 0) is 4.33 Å². The standard InChI is InChI=1S/C13H10Cl2O/c1-3-9-11(4-2)16-12-8-6-5-7-10(12)13(9,14)15/h3-8H,1-2H2. The number of hydrogen-bond acceptors (Lipinski definition) is 1. The predicted octanol–water partition coefficient (Wildman–Crippen LogP) is 4.34. The Hall–Kier alpha value is -1.18. The molecule has 0 unspecified atom stereocenters. The lowest BCUT2D eigenvalue weighted by Crippen LogP contribution is -2.21. The van der Waals surface area contributed by atoms with Crippen LogP contribution in [0.15, 0.2) is 60.9 Å². The van der Waals surface area contributed by atoms with Crippen LogP contribution >= 0.6 is 23.2 Å². The predicted molar refractivity (Wildman–Crippen MR) is 67.9 cm³/mol. The van der Waals surface area contributed by atoms with Gasteiger partial charge < -0.3 is 4.74 Å². The number of alkyl halides is 2. The molecule has 1 nitrogen and oxygen atoms in total. The third kappa shape index (κ3) is 1.57. The van der Waals surface area contributed by atoms with E-state index in [9.17, 15) is 0 Å². The molecule has 0 saturated carbocycles. The van der Waals surface area contributed by atoms with Crippen molar-refractivity contribution >= 4 is 23.2 Å². The maximum atomic E-state index is 6.35. The number of rotatable bonds is 2. The lowest BCUT2D eigenvalue weighted by Gasteiger charge is -2.30. The number of halogens is 2. The molecule has 1 aliphatic heterocycles. The number of fused-ring (bicyclic) bond motifs is 1. The van der Waals surface area contributed by atoms with Crippen molar-refractivity contribution in [1.82, 2.24) is 0 Å². The molecule has 0 radical (unpaired) electrons. The van der Waals surface area contributed by atoms with Gasteiger partial charge in [-0.15, -0.1) is 0 Å². The van der Waals surface area contributed by atoms with Gasteiger partial charge in [-0.3, -0.25) is 0 Å². The quantitative estimate of drug-likeness (QED) is 0.712. The minimum Gasteiger partial charge on any atom is -0.457 e. The summed E-state index contributed by atoms with van der Waals surface area (Å²) in [6, 6.07) is 7.38. The lowest BCUT2D eigenvalue weighted by atomic mass is 9.99. The van der Waals surface area contributed by atoms with E-state index in [-0.39, 0.29) is 0 Å². The van der Waals surface area contributed by atoms with E-state index in [0.29, 0.717) is 17.1 Å². The second kappa shape index (κ2) is 4.00. The largest absolute Gasteiger partial charge is 0.457 e. The third-order valence-electron chi connectivity index (χ3n) is 2.44. The Bertz CT molecular complexity index is 486. The van der Waals surface area contributed by atoms with Crippen LogP contribution in [0.2, 0.25) is 0 Å². The summed E-state index contributed by atoms with van der Waals surface area (Å²) in [5.74, 6) is 1.19. The summed E-state index contributed by atoms with van der Waals surface area (Å²) in [5.41, 5.74) is 1.34. The van der Waals surface area contributed by atoms with Gasteiger partial charge in [0.15, 0.2) is 4.33 Å². The lowest BCUT2D eigenvalue weighted by molar-refractivity contribution is 0.417. The van der Waals surface area contributed by atoms with E-state index in [1.54, 1.807) is 12.2 Å². The molecule has 2 rings (SSSR count). The van der Waals surface area contributed by atoms with Gasteiger partial charge in [-0.2, -0.15) is 0 Å². The average Bonchev–Trinajstić information content (AvgIpc) is 2.28. The van der Waals surface area contributed by atoms with Gasteiger partial charge in [0.05, 0.1) is 0 Å². The molecule has 3 heteroatoms. The fraction of sp³-hybridized carbons (Fsp3) is 0.0769. The van der Waals surface area contributed by atoms with Gasteiger partial charge in [0.25, 0.3) is 0 Å². The van der Waals surface area contributed by atoms with E-state index in [2.05, 4.69) is 13.2 Å². The molecule has 0 atom stereocenters. The van der Waals surface area contributed by atoms with Crippen molar-refractivity contribution in [3.63, 3.8) is 0 Å². The zero-order valence-corrected chi connectivity index (χ0v) is 10.1. The number of allylic oxidation sites excluding steroid dienone is 3. The van der Waals surface area contributed by atoms with E-state index in [1.807, 2.05) is 24.3 Å². The summed E-state index contributed by atoms with van der Waals surface area (Å²) in [5, 5.41) is 0. The SMILES string of the molecule is C=CC1=C(C=C)C(Cl)(Cl)c2ccccc2O1. The van der Waals surface area contributed by atoms with E-state index in [1.165, 1.54) is 0 Å². The Morgan fingerprint density at radius 3 is 2.44 bits per heavy atom. The van der Waals surface area contributed by atoms with Gasteiger partial charge in [0.1, 0.15) is 11.5 Å². The topological polar surface area (TPSA) is 9.23 Å². The van der Waals surface area contributed by atoms with Crippen molar-refractivity contribution in [2.45, 2.75) is 4.33 Å². The monoisotopic (exact) mass is 252 g/mol. The molecule has 1 heterocycles. The highest BCUT2D eigenvalue weighted by molar-refractivity contribution is 6.50. The highest BCUT2D eigenvalue weighted by Gasteiger charge is 2.38. The van der Waals surface area contributed by atoms with Crippen LogP contribution in [-0.4, -0.2) is 0 Å². The Kier molecular flexibility index (Phi) is 2.83. The summed E-state index contributed by atoms with van der Waals surface area (Å²) >= 11 is 12.7. The van der Waals surface area contributed by atoms with E-state index >= 15 is 0 Å². The van der Waals surface area contributed by atoms with Gasteiger partial charge in [0, 0.05) is 11.1 Å². The van der Waals surface area contributed by atoms with E-state index in [0.717, 1.165) is 5.56 Å². The number of hydrogen-bond donors (Lipinski definition) is 0. The van der Waals surface area contributed by atoms with Crippen LogP contribution in [0.25, 0.3) is 0 Å². The van der Waals surface area contributed by atoms with Gasteiger partial charge in [-0.1, -0.05) is 60.6 Å². The Morgan fingerprint density at radius 2 is 1.81 bits per heavy atom. The molecule has 1 aromatic carbocycles. The van der Waals surface area contributed by atoms with Crippen molar-refractivity contribution in [3.05, 3.63) is 66.5 Å². The number of para-hydroxylation sites is 1. The maximum absolute atomic E-state index is 6.35. The van der Waals surface area contributed by atoms with Gasteiger partial charge in [0.2, 0.25) is 0 Å². The van der Waals surface area contributed by atoms with Crippen LogP contribution in [0.4, 0.5) is 0 Å². The second-order valence-corrected chi connectivity index (χ2v) is 4.69. The molecule has 0 bridgehead atoms. The Labute approximate surface area is 105 Å².